The van der Waals surface area contributed by atoms with Crippen molar-refractivity contribution >= 4 is 11.6 Å². The Morgan fingerprint density at radius 3 is 2.76 bits per heavy atom. The smallest absolute Gasteiger partial charge is 0.259 e. The highest BCUT2D eigenvalue weighted by atomic mass is 16.3. The van der Waals surface area contributed by atoms with Crippen LogP contribution in [0.2, 0.25) is 0 Å². The molecule has 2 aromatic heterocycles. The van der Waals surface area contributed by atoms with Gasteiger partial charge in [0.2, 0.25) is 0 Å². The van der Waals surface area contributed by atoms with Crippen LogP contribution in [0.1, 0.15) is 34.6 Å². The Kier molecular flexibility index (Phi) is 3.63. The number of carbonyl (C=O) groups is 1. The fourth-order valence-electron chi connectivity index (χ4n) is 2.91. The number of aliphatic hydroxyl groups is 1. The SMILES string of the molecule is Cc1cc(C)n2ncc(C(=O)N3CCC(CO)CC3)c2n1. The van der Waals surface area contributed by atoms with E-state index in [1.807, 2.05) is 24.8 Å². The van der Waals surface area contributed by atoms with Gasteiger partial charge in [-0.2, -0.15) is 5.10 Å². The second-order valence-corrected chi connectivity index (χ2v) is 5.75. The number of rotatable bonds is 2. The molecule has 0 radical (unpaired) electrons. The third kappa shape index (κ3) is 2.51. The molecule has 6 heteroatoms. The van der Waals surface area contributed by atoms with Crippen LogP contribution in [0.3, 0.4) is 0 Å². The molecule has 0 aliphatic carbocycles. The fraction of sp³-hybridized carbons (Fsp3) is 0.533. The van der Waals surface area contributed by atoms with Gasteiger partial charge in [0.15, 0.2) is 5.65 Å². The first-order valence-corrected chi connectivity index (χ1v) is 7.32. The Hall–Kier alpha value is -1.95. The predicted molar refractivity (Wildman–Crippen MR) is 78.2 cm³/mol. The summed E-state index contributed by atoms with van der Waals surface area (Å²) < 4.78 is 1.71. The van der Waals surface area contributed by atoms with Crippen LogP contribution >= 0.6 is 0 Å². The second-order valence-electron chi connectivity index (χ2n) is 5.75. The summed E-state index contributed by atoms with van der Waals surface area (Å²) in [6.07, 6.45) is 3.31. The van der Waals surface area contributed by atoms with Crippen molar-refractivity contribution in [3.8, 4) is 0 Å². The lowest BCUT2D eigenvalue weighted by Crippen LogP contribution is -2.39. The van der Waals surface area contributed by atoms with Gasteiger partial charge in [0, 0.05) is 31.1 Å². The molecular formula is C15H20N4O2. The zero-order valence-corrected chi connectivity index (χ0v) is 12.4. The van der Waals surface area contributed by atoms with Crippen molar-refractivity contribution in [1.82, 2.24) is 19.5 Å². The number of fused-ring (bicyclic) bond motifs is 1. The van der Waals surface area contributed by atoms with Gasteiger partial charge in [-0.1, -0.05) is 0 Å². The largest absolute Gasteiger partial charge is 0.396 e. The Morgan fingerprint density at radius 2 is 2.10 bits per heavy atom. The number of likely N-dealkylation sites (tertiary alicyclic amines) is 1. The summed E-state index contributed by atoms with van der Waals surface area (Å²) in [6.45, 7) is 5.45. The van der Waals surface area contributed by atoms with Gasteiger partial charge in [-0.25, -0.2) is 9.50 Å². The Morgan fingerprint density at radius 1 is 1.38 bits per heavy atom. The number of carbonyl (C=O) groups excluding carboxylic acids is 1. The topological polar surface area (TPSA) is 70.7 Å². The van der Waals surface area contributed by atoms with Crippen LogP contribution in [0.25, 0.3) is 5.65 Å². The van der Waals surface area contributed by atoms with Crippen molar-refractivity contribution in [2.75, 3.05) is 19.7 Å². The molecule has 21 heavy (non-hydrogen) atoms. The maximum absolute atomic E-state index is 12.7. The number of piperidine rings is 1. The molecule has 1 saturated heterocycles. The van der Waals surface area contributed by atoms with Crippen molar-refractivity contribution in [3.05, 3.63) is 29.2 Å². The fourth-order valence-corrected chi connectivity index (χ4v) is 2.91. The molecular weight excluding hydrogens is 268 g/mol. The van der Waals surface area contributed by atoms with Gasteiger partial charge in [-0.3, -0.25) is 4.79 Å². The molecule has 3 rings (SSSR count). The minimum absolute atomic E-state index is 0.0149. The van der Waals surface area contributed by atoms with Gasteiger partial charge in [0.05, 0.1) is 6.20 Å². The maximum Gasteiger partial charge on any atom is 0.259 e. The third-order valence-corrected chi connectivity index (χ3v) is 4.17. The molecule has 2 aromatic rings. The molecule has 112 valence electrons. The number of aromatic nitrogens is 3. The van der Waals surface area contributed by atoms with E-state index < -0.39 is 0 Å². The van der Waals surface area contributed by atoms with E-state index in [9.17, 15) is 9.90 Å². The lowest BCUT2D eigenvalue weighted by atomic mass is 9.97. The van der Waals surface area contributed by atoms with Crippen LogP contribution in [-0.2, 0) is 0 Å². The molecule has 6 nitrogen and oxygen atoms in total. The number of aliphatic hydroxyl groups excluding tert-OH is 1. The summed E-state index contributed by atoms with van der Waals surface area (Å²) in [7, 11) is 0. The highest BCUT2D eigenvalue weighted by molar-refractivity contribution is 5.99. The van der Waals surface area contributed by atoms with Crippen LogP contribution in [-0.4, -0.2) is 50.2 Å². The summed E-state index contributed by atoms with van der Waals surface area (Å²) in [4.78, 5) is 19.0. The summed E-state index contributed by atoms with van der Waals surface area (Å²) in [6, 6.07) is 1.95. The van der Waals surface area contributed by atoms with E-state index in [4.69, 9.17) is 0 Å². The van der Waals surface area contributed by atoms with E-state index in [-0.39, 0.29) is 12.5 Å². The van der Waals surface area contributed by atoms with Crippen LogP contribution < -0.4 is 0 Å². The van der Waals surface area contributed by atoms with Gasteiger partial charge < -0.3 is 10.0 Å². The first-order chi connectivity index (χ1) is 10.1. The van der Waals surface area contributed by atoms with Gasteiger partial charge in [-0.05, 0) is 38.7 Å². The number of amides is 1. The average molecular weight is 288 g/mol. The molecule has 0 unspecified atom stereocenters. The van der Waals surface area contributed by atoms with Crippen LogP contribution in [0.4, 0.5) is 0 Å². The number of hydrogen-bond acceptors (Lipinski definition) is 4. The van der Waals surface area contributed by atoms with Crippen LogP contribution in [0, 0.1) is 19.8 Å². The third-order valence-electron chi connectivity index (χ3n) is 4.17. The minimum atomic E-state index is -0.0149. The lowest BCUT2D eigenvalue weighted by Gasteiger charge is -2.30. The molecule has 1 amide bonds. The molecule has 0 aromatic carbocycles. The zero-order valence-electron chi connectivity index (χ0n) is 12.4. The van der Waals surface area contributed by atoms with Crippen molar-refractivity contribution < 1.29 is 9.90 Å². The predicted octanol–water partition coefficient (Wildman–Crippen LogP) is 1.19. The normalized spacial score (nSPS) is 16.6. The first kappa shape index (κ1) is 14.0. The maximum atomic E-state index is 12.7. The summed E-state index contributed by atoms with van der Waals surface area (Å²) in [5.74, 6) is 0.305. The van der Waals surface area contributed by atoms with E-state index in [1.54, 1.807) is 10.7 Å². The summed E-state index contributed by atoms with van der Waals surface area (Å²) >= 11 is 0. The molecule has 0 atom stereocenters. The second kappa shape index (κ2) is 5.44. The van der Waals surface area contributed by atoms with Crippen molar-refractivity contribution in [2.45, 2.75) is 26.7 Å². The van der Waals surface area contributed by atoms with Crippen LogP contribution in [0.5, 0.6) is 0 Å². The standard InChI is InChI=1S/C15H20N4O2/c1-10-7-11(2)19-14(17-10)13(8-16-19)15(21)18-5-3-12(9-20)4-6-18/h7-8,12,20H,3-6,9H2,1-2H3. The molecule has 0 saturated carbocycles. The molecule has 1 aliphatic rings. The van der Waals surface area contributed by atoms with E-state index in [2.05, 4.69) is 10.1 Å². The highest BCUT2D eigenvalue weighted by Gasteiger charge is 2.25. The Labute approximate surface area is 123 Å². The van der Waals surface area contributed by atoms with Crippen LogP contribution in [0.15, 0.2) is 12.3 Å². The Bertz CT molecular complexity index is 672. The minimum Gasteiger partial charge on any atom is -0.396 e. The molecule has 0 bridgehead atoms. The quantitative estimate of drug-likeness (QED) is 0.901. The molecule has 1 N–H and O–H groups in total. The van der Waals surface area contributed by atoms with Gasteiger partial charge in [0.1, 0.15) is 5.56 Å². The highest BCUT2D eigenvalue weighted by Crippen LogP contribution is 2.20. The monoisotopic (exact) mass is 288 g/mol. The van der Waals surface area contributed by atoms with E-state index in [0.717, 1.165) is 24.2 Å². The van der Waals surface area contributed by atoms with Gasteiger partial charge in [-0.15, -0.1) is 0 Å². The van der Waals surface area contributed by atoms with E-state index >= 15 is 0 Å². The van der Waals surface area contributed by atoms with E-state index in [0.29, 0.717) is 30.2 Å². The number of nitrogens with zero attached hydrogens (tertiary/aromatic N) is 4. The molecule has 1 aliphatic heterocycles. The number of hydrogen-bond donors (Lipinski definition) is 1. The van der Waals surface area contributed by atoms with Crippen molar-refractivity contribution in [2.24, 2.45) is 5.92 Å². The first-order valence-electron chi connectivity index (χ1n) is 7.32. The molecule has 0 spiro atoms. The van der Waals surface area contributed by atoms with E-state index in [1.165, 1.54) is 0 Å². The van der Waals surface area contributed by atoms with Gasteiger partial charge >= 0.3 is 0 Å². The summed E-state index contributed by atoms with van der Waals surface area (Å²) in [5, 5.41) is 13.4. The van der Waals surface area contributed by atoms with Gasteiger partial charge in [0.25, 0.3) is 5.91 Å². The van der Waals surface area contributed by atoms with Crippen molar-refractivity contribution in [3.63, 3.8) is 0 Å². The average Bonchev–Trinajstić information content (AvgIpc) is 2.90. The summed E-state index contributed by atoms with van der Waals surface area (Å²) in [5.41, 5.74) is 3.04. The number of aryl methyl sites for hydroxylation is 2. The zero-order chi connectivity index (χ0) is 15.0. The van der Waals surface area contributed by atoms with Crippen molar-refractivity contribution in [1.29, 1.82) is 0 Å². The Balaban J connectivity index is 1.89. The lowest BCUT2D eigenvalue weighted by molar-refractivity contribution is 0.0652. The molecule has 3 heterocycles. The molecule has 1 fully saturated rings.